The van der Waals surface area contributed by atoms with Gasteiger partial charge < -0.3 is 9.84 Å². The zero-order valence-electron chi connectivity index (χ0n) is 8.37. The molecule has 1 aromatic heterocycles. The zero-order valence-corrected chi connectivity index (χ0v) is 9.13. The van der Waals surface area contributed by atoms with Crippen molar-refractivity contribution in [3.05, 3.63) is 28.0 Å². The molecule has 0 amide bonds. The summed E-state index contributed by atoms with van der Waals surface area (Å²) in [5.41, 5.74) is 1.05. The Hall–Kier alpha value is -1.13. The number of nitrogens with zero attached hydrogens (tertiary/aromatic N) is 1. The van der Waals surface area contributed by atoms with Gasteiger partial charge in [-0.2, -0.15) is 0 Å². The predicted octanol–water partition coefficient (Wildman–Crippen LogP) is 2.20. The van der Waals surface area contributed by atoms with Crippen LogP contribution in [0.4, 0.5) is 0 Å². The highest BCUT2D eigenvalue weighted by Gasteiger charge is 2.34. The third-order valence-corrected chi connectivity index (χ3v) is 2.73. The molecule has 0 spiro atoms. The summed E-state index contributed by atoms with van der Waals surface area (Å²) in [7, 11) is 0. The molecule has 2 heterocycles. The first-order valence-electron chi connectivity index (χ1n) is 4.49. The number of hydrogen-bond donors (Lipinski definition) is 1. The number of halogens is 1. The molecule has 1 aliphatic heterocycles. The van der Waals surface area contributed by atoms with Crippen LogP contribution >= 0.6 is 11.6 Å². The van der Waals surface area contributed by atoms with E-state index in [9.17, 15) is 4.79 Å². The van der Waals surface area contributed by atoms with Gasteiger partial charge in [0.1, 0.15) is 10.8 Å². The van der Waals surface area contributed by atoms with Gasteiger partial charge in [-0.1, -0.05) is 11.6 Å². The van der Waals surface area contributed by atoms with Gasteiger partial charge in [0.25, 0.3) is 0 Å². The summed E-state index contributed by atoms with van der Waals surface area (Å²) >= 11 is 5.78. The molecular formula is C10H10ClNO3. The first-order chi connectivity index (χ1) is 6.92. The van der Waals surface area contributed by atoms with E-state index in [0.717, 1.165) is 11.3 Å². The topological polar surface area (TPSA) is 59.4 Å². The maximum atomic E-state index is 10.8. The van der Waals surface area contributed by atoms with E-state index in [4.69, 9.17) is 21.4 Å². The van der Waals surface area contributed by atoms with Gasteiger partial charge in [0.2, 0.25) is 0 Å². The molecule has 0 unspecified atom stereocenters. The molecule has 5 heteroatoms. The highest BCUT2D eigenvalue weighted by Crippen LogP contribution is 2.36. The van der Waals surface area contributed by atoms with Gasteiger partial charge in [0, 0.05) is 5.56 Å². The Bertz CT molecular complexity index is 443. The number of carboxylic acid groups (broad SMARTS) is 1. The lowest BCUT2D eigenvalue weighted by atomic mass is 10.0. The summed E-state index contributed by atoms with van der Waals surface area (Å²) in [5.74, 6) is -1.07. The maximum absolute atomic E-state index is 10.8. The molecule has 2 rings (SSSR count). The van der Waals surface area contributed by atoms with Crippen LogP contribution in [0.3, 0.4) is 0 Å². The van der Waals surface area contributed by atoms with Crippen molar-refractivity contribution >= 4 is 17.6 Å². The van der Waals surface area contributed by atoms with Gasteiger partial charge in [-0.05, 0) is 19.9 Å². The second kappa shape index (κ2) is 3.18. The number of aromatic nitrogens is 1. The van der Waals surface area contributed by atoms with Crippen molar-refractivity contribution in [1.29, 1.82) is 0 Å². The molecule has 0 aliphatic carbocycles. The zero-order chi connectivity index (χ0) is 11.2. The van der Waals surface area contributed by atoms with Gasteiger partial charge in [-0.25, -0.2) is 9.78 Å². The van der Waals surface area contributed by atoms with Crippen LogP contribution in [0.2, 0.25) is 5.15 Å². The molecule has 0 saturated heterocycles. The van der Waals surface area contributed by atoms with Crippen LogP contribution in [0.25, 0.3) is 0 Å². The SMILES string of the molecule is CC1(C)OCc2cc(C(=O)O)c(Cl)nc21. The number of fused-ring (bicyclic) bond motifs is 1. The van der Waals surface area contributed by atoms with E-state index in [0.29, 0.717) is 6.61 Å². The highest BCUT2D eigenvalue weighted by atomic mass is 35.5. The summed E-state index contributed by atoms with van der Waals surface area (Å²) in [6.07, 6.45) is 0. The number of rotatable bonds is 1. The fraction of sp³-hybridized carbons (Fsp3) is 0.400. The van der Waals surface area contributed by atoms with Crippen molar-refractivity contribution in [3.8, 4) is 0 Å². The fourth-order valence-corrected chi connectivity index (χ4v) is 1.86. The monoisotopic (exact) mass is 227 g/mol. The average Bonchev–Trinajstić information content (AvgIpc) is 2.41. The summed E-state index contributed by atoms with van der Waals surface area (Å²) in [6, 6.07) is 1.53. The quantitative estimate of drug-likeness (QED) is 0.748. The van der Waals surface area contributed by atoms with Gasteiger partial charge in [0.05, 0.1) is 17.9 Å². The minimum atomic E-state index is -1.07. The molecule has 0 radical (unpaired) electrons. The molecule has 1 aromatic rings. The van der Waals surface area contributed by atoms with E-state index in [1.165, 1.54) is 6.07 Å². The van der Waals surface area contributed by atoms with Crippen molar-refractivity contribution in [2.24, 2.45) is 0 Å². The van der Waals surface area contributed by atoms with Crippen molar-refractivity contribution < 1.29 is 14.6 Å². The molecule has 15 heavy (non-hydrogen) atoms. The fourth-order valence-electron chi connectivity index (χ4n) is 1.64. The number of ether oxygens (including phenoxy) is 1. The Balaban J connectivity index is 2.60. The van der Waals surface area contributed by atoms with E-state index < -0.39 is 11.6 Å². The summed E-state index contributed by atoms with van der Waals surface area (Å²) in [4.78, 5) is 14.9. The van der Waals surface area contributed by atoms with Crippen LogP contribution in [-0.2, 0) is 16.9 Å². The van der Waals surface area contributed by atoms with Crippen LogP contribution in [0, 0.1) is 0 Å². The number of aromatic carboxylic acids is 1. The third kappa shape index (κ3) is 1.60. The van der Waals surface area contributed by atoms with E-state index in [2.05, 4.69) is 4.98 Å². The number of hydrogen-bond acceptors (Lipinski definition) is 3. The van der Waals surface area contributed by atoms with Gasteiger partial charge >= 0.3 is 5.97 Å². The maximum Gasteiger partial charge on any atom is 0.338 e. The lowest BCUT2D eigenvalue weighted by molar-refractivity contribution is -0.0101. The minimum absolute atomic E-state index is 0.0137. The second-order valence-corrected chi connectivity index (χ2v) is 4.30. The van der Waals surface area contributed by atoms with E-state index >= 15 is 0 Å². The van der Waals surface area contributed by atoms with Crippen LogP contribution < -0.4 is 0 Å². The Kier molecular flexibility index (Phi) is 2.20. The first-order valence-corrected chi connectivity index (χ1v) is 4.87. The van der Waals surface area contributed by atoms with E-state index in [1.54, 1.807) is 0 Å². The van der Waals surface area contributed by atoms with Crippen LogP contribution in [-0.4, -0.2) is 16.1 Å². The Morgan fingerprint density at radius 2 is 2.33 bits per heavy atom. The molecule has 0 fully saturated rings. The smallest absolute Gasteiger partial charge is 0.338 e. The molecular weight excluding hydrogens is 218 g/mol. The standard InChI is InChI=1S/C10H10ClNO3/c1-10(2)7-5(4-15-10)3-6(9(13)14)8(11)12-7/h3H,4H2,1-2H3,(H,13,14). The van der Waals surface area contributed by atoms with Crippen molar-refractivity contribution in [2.45, 2.75) is 26.1 Å². The molecule has 4 nitrogen and oxygen atoms in total. The lowest BCUT2D eigenvalue weighted by Gasteiger charge is -2.17. The predicted molar refractivity (Wildman–Crippen MR) is 54.0 cm³/mol. The molecule has 1 aliphatic rings. The van der Waals surface area contributed by atoms with E-state index in [1.807, 2.05) is 13.8 Å². The average molecular weight is 228 g/mol. The lowest BCUT2D eigenvalue weighted by Crippen LogP contribution is -2.17. The summed E-state index contributed by atoms with van der Waals surface area (Å²) in [6.45, 7) is 4.14. The summed E-state index contributed by atoms with van der Waals surface area (Å²) < 4.78 is 5.49. The normalized spacial score (nSPS) is 17.5. The number of carboxylic acids is 1. The highest BCUT2D eigenvalue weighted by molar-refractivity contribution is 6.32. The Morgan fingerprint density at radius 1 is 1.67 bits per heavy atom. The summed E-state index contributed by atoms with van der Waals surface area (Å²) in [5, 5.41) is 8.88. The van der Waals surface area contributed by atoms with Gasteiger partial charge in [0.15, 0.2) is 0 Å². The Labute approximate surface area is 91.8 Å². The molecule has 0 saturated carbocycles. The molecule has 1 N–H and O–H groups in total. The third-order valence-electron chi connectivity index (χ3n) is 2.44. The van der Waals surface area contributed by atoms with Gasteiger partial charge in [-0.15, -0.1) is 0 Å². The van der Waals surface area contributed by atoms with E-state index in [-0.39, 0.29) is 10.7 Å². The second-order valence-electron chi connectivity index (χ2n) is 3.94. The van der Waals surface area contributed by atoms with Crippen LogP contribution in [0.1, 0.15) is 35.5 Å². The Morgan fingerprint density at radius 3 is 2.93 bits per heavy atom. The number of carbonyl (C=O) groups is 1. The molecule has 0 aromatic carbocycles. The molecule has 80 valence electrons. The minimum Gasteiger partial charge on any atom is -0.478 e. The van der Waals surface area contributed by atoms with Gasteiger partial charge in [-0.3, -0.25) is 0 Å². The van der Waals surface area contributed by atoms with Crippen LogP contribution in [0.5, 0.6) is 0 Å². The number of pyridine rings is 1. The molecule has 0 atom stereocenters. The van der Waals surface area contributed by atoms with Crippen molar-refractivity contribution in [1.82, 2.24) is 4.98 Å². The van der Waals surface area contributed by atoms with Crippen molar-refractivity contribution in [2.75, 3.05) is 0 Å². The first kappa shape index (κ1) is 10.4. The largest absolute Gasteiger partial charge is 0.478 e. The van der Waals surface area contributed by atoms with Crippen LogP contribution in [0.15, 0.2) is 6.07 Å². The van der Waals surface area contributed by atoms with Crippen molar-refractivity contribution in [3.63, 3.8) is 0 Å². The molecule has 0 bridgehead atoms.